The van der Waals surface area contributed by atoms with Gasteiger partial charge in [0, 0.05) is 6.42 Å². The SMILES string of the molecule is CCONC(=O)CCc1cc(OC)ccc1OC. The van der Waals surface area contributed by atoms with E-state index in [1.807, 2.05) is 25.1 Å². The molecule has 0 aromatic heterocycles. The molecule has 0 heterocycles. The van der Waals surface area contributed by atoms with Crippen LogP contribution in [0.2, 0.25) is 0 Å². The van der Waals surface area contributed by atoms with Gasteiger partial charge in [0.05, 0.1) is 20.8 Å². The number of methoxy groups -OCH3 is 2. The second-order valence-electron chi connectivity index (χ2n) is 3.64. The zero-order valence-corrected chi connectivity index (χ0v) is 11.0. The van der Waals surface area contributed by atoms with Crippen molar-refractivity contribution in [2.45, 2.75) is 19.8 Å². The quantitative estimate of drug-likeness (QED) is 0.751. The standard InChI is InChI=1S/C13H19NO4/c1-4-18-14-13(15)8-5-10-9-11(16-2)6-7-12(10)17-3/h6-7,9H,4-5,8H2,1-3H3,(H,14,15). The summed E-state index contributed by atoms with van der Waals surface area (Å²) >= 11 is 0. The van der Waals surface area contributed by atoms with Crippen LogP contribution in [0.15, 0.2) is 18.2 Å². The molecular weight excluding hydrogens is 234 g/mol. The molecule has 1 rings (SSSR count). The molecule has 0 atom stereocenters. The first-order valence-electron chi connectivity index (χ1n) is 5.82. The molecular formula is C13H19NO4. The summed E-state index contributed by atoms with van der Waals surface area (Å²) in [5.41, 5.74) is 3.29. The predicted octanol–water partition coefficient (Wildman–Crippen LogP) is 1.70. The van der Waals surface area contributed by atoms with E-state index in [2.05, 4.69) is 5.48 Å². The number of carbonyl (C=O) groups is 1. The van der Waals surface area contributed by atoms with Gasteiger partial charge in [-0.3, -0.25) is 9.63 Å². The van der Waals surface area contributed by atoms with Crippen molar-refractivity contribution >= 4 is 5.91 Å². The number of hydrogen-bond donors (Lipinski definition) is 1. The Balaban J connectivity index is 2.62. The van der Waals surface area contributed by atoms with Gasteiger partial charge in [0.1, 0.15) is 11.5 Å². The van der Waals surface area contributed by atoms with E-state index in [-0.39, 0.29) is 5.91 Å². The molecule has 100 valence electrons. The van der Waals surface area contributed by atoms with Crippen molar-refractivity contribution in [1.82, 2.24) is 5.48 Å². The largest absolute Gasteiger partial charge is 0.497 e. The Bertz CT molecular complexity index is 393. The minimum Gasteiger partial charge on any atom is -0.497 e. The van der Waals surface area contributed by atoms with Crippen LogP contribution in [0.5, 0.6) is 11.5 Å². The number of rotatable bonds is 7. The molecule has 18 heavy (non-hydrogen) atoms. The molecule has 0 saturated heterocycles. The third-order valence-corrected chi connectivity index (χ3v) is 2.44. The molecule has 0 unspecified atom stereocenters. The Kier molecular flexibility index (Phi) is 6.00. The highest BCUT2D eigenvalue weighted by molar-refractivity contribution is 5.75. The number of benzene rings is 1. The molecule has 0 aliphatic rings. The highest BCUT2D eigenvalue weighted by Crippen LogP contribution is 2.24. The Morgan fingerprint density at radius 1 is 1.28 bits per heavy atom. The molecule has 0 fully saturated rings. The fraction of sp³-hybridized carbons (Fsp3) is 0.462. The van der Waals surface area contributed by atoms with Gasteiger partial charge in [-0.05, 0) is 37.1 Å². The van der Waals surface area contributed by atoms with Crippen LogP contribution in [0, 0.1) is 0 Å². The Morgan fingerprint density at radius 3 is 2.67 bits per heavy atom. The van der Waals surface area contributed by atoms with Crippen LogP contribution in [0.3, 0.4) is 0 Å². The molecule has 0 radical (unpaired) electrons. The Labute approximate surface area is 107 Å². The lowest BCUT2D eigenvalue weighted by molar-refractivity contribution is -0.133. The summed E-state index contributed by atoms with van der Waals surface area (Å²) in [7, 11) is 3.21. The minimum atomic E-state index is -0.151. The van der Waals surface area contributed by atoms with Gasteiger partial charge in [-0.25, -0.2) is 5.48 Å². The molecule has 0 aliphatic carbocycles. The molecule has 0 saturated carbocycles. The van der Waals surface area contributed by atoms with Gasteiger partial charge < -0.3 is 9.47 Å². The normalized spacial score (nSPS) is 9.94. The van der Waals surface area contributed by atoms with Crippen LogP contribution in [-0.4, -0.2) is 26.7 Å². The van der Waals surface area contributed by atoms with E-state index in [9.17, 15) is 4.79 Å². The first kappa shape index (κ1) is 14.3. The lowest BCUT2D eigenvalue weighted by Gasteiger charge is -2.10. The fourth-order valence-corrected chi connectivity index (χ4v) is 1.53. The van der Waals surface area contributed by atoms with Gasteiger partial charge >= 0.3 is 0 Å². The first-order valence-corrected chi connectivity index (χ1v) is 5.82. The van der Waals surface area contributed by atoms with E-state index in [0.29, 0.717) is 19.4 Å². The van der Waals surface area contributed by atoms with Crippen molar-refractivity contribution in [3.63, 3.8) is 0 Å². The summed E-state index contributed by atoms with van der Waals surface area (Å²) < 4.78 is 10.4. The molecule has 0 bridgehead atoms. The van der Waals surface area contributed by atoms with Crippen LogP contribution in [-0.2, 0) is 16.1 Å². The number of hydrogen-bond acceptors (Lipinski definition) is 4. The third-order valence-electron chi connectivity index (χ3n) is 2.44. The smallest absolute Gasteiger partial charge is 0.243 e. The lowest BCUT2D eigenvalue weighted by atomic mass is 10.1. The van der Waals surface area contributed by atoms with Gasteiger partial charge in [-0.15, -0.1) is 0 Å². The highest BCUT2D eigenvalue weighted by atomic mass is 16.6. The summed E-state index contributed by atoms with van der Waals surface area (Å²) in [6, 6.07) is 5.52. The lowest BCUT2D eigenvalue weighted by Crippen LogP contribution is -2.23. The minimum absolute atomic E-state index is 0.151. The average molecular weight is 253 g/mol. The molecule has 5 nitrogen and oxygen atoms in total. The molecule has 1 aromatic rings. The summed E-state index contributed by atoms with van der Waals surface area (Å²) in [5.74, 6) is 1.35. The Hall–Kier alpha value is -1.75. The number of aryl methyl sites for hydroxylation is 1. The van der Waals surface area contributed by atoms with Crippen molar-refractivity contribution < 1.29 is 19.1 Å². The van der Waals surface area contributed by atoms with Gasteiger partial charge in [0.2, 0.25) is 5.91 Å². The van der Waals surface area contributed by atoms with Crippen molar-refractivity contribution in [2.24, 2.45) is 0 Å². The molecule has 0 aliphatic heterocycles. The van der Waals surface area contributed by atoms with Crippen molar-refractivity contribution in [3.8, 4) is 11.5 Å². The summed E-state index contributed by atoms with van der Waals surface area (Å²) in [6.45, 7) is 2.26. The van der Waals surface area contributed by atoms with Gasteiger partial charge in [-0.2, -0.15) is 0 Å². The van der Waals surface area contributed by atoms with E-state index in [1.165, 1.54) is 0 Å². The monoisotopic (exact) mass is 253 g/mol. The van der Waals surface area contributed by atoms with E-state index >= 15 is 0 Å². The van der Waals surface area contributed by atoms with Crippen LogP contribution >= 0.6 is 0 Å². The first-order chi connectivity index (χ1) is 8.71. The molecule has 5 heteroatoms. The van der Waals surface area contributed by atoms with Crippen LogP contribution < -0.4 is 15.0 Å². The van der Waals surface area contributed by atoms with Crippen LogP contribution in [0.4, 0.5) is 0 Å². The summed E-state index contributed by atoms with van der Waals surface area (Å²) in [5, 5.41) is 0. The zero-order chi connectivity index (χ0) is 13.4. The highest BCUT2D eigenvalue weighted by Gasteiger charge is 2.08. The van der Waals surface area contributed by atoms with E-state index in [0.717, 1.165) is 17.1 Å². The summed E-state index contributed by atoms with van der Waals surface area (Å²) in [6.07, 6.45) is 0.906. The molecule has 1 amide bonds. The molecule has 1 N–H and O–H groups in total. The summed E-state index contributed by atoms with van der Waals surface area (Å²) in [4.78, 5) is 16.3. The maximum Gasteiger partial charge on any atom is 0.243 e. The fourth-order valence-electron chi connectivity index (χ4n) is 1.53. The van der Waals surface area contributed by atoms with Crippen LogP contribution in [0.1, 0.15) is 18.9 Å². The topological polar surface area (TPSA) is 56.8 Å². The second kappa shape index (κ2) is 7.55. The molecule has 0 spiro atoms. The number of carbonyl (C=O) groups excluding carboxylic acids is 1. The molecule has 1 aromatic carbocycles. The van der Waals surface area contributed by atoms with E-state index in [1.54, 1.807) is 14.2 Å². The Morgan fingerprint density at radius 2 is 2.06 bits per heavy atom. The van der Waals surface area contributed by atoms with Crippen molar-refractivity contribution in [2.75, 3.05) is 20.8 Å². The number of nitrogens with one attached hydrogen (secondary N) is 1. The number of ether oxygens (including phenoxy) is 2. The number of amides is 1. The van der Waals surface area contributed by atoms with Gasteiger partial charge in [-0.1, -0.05) is 0 Å². The zero-order valence-electron chi connectivity index (χ0n) is 11.0. The third kappa shape index (κ3) is 4.25. The predicted molar refractivity (Wildman–Crippen MR) is 67.6 cm³/mol. The van der Waals surface area contributed by atoms with Crippen molar-refractivity contribution in [1.29, 1.82) is 0 Å². The second-order valence-corrected chi connectivity index (χ2v) is 3.64. The van der Waals surface area contributed by atoms with Crippen molar-refractivity contribution in [3.05, 3.63) is 23.8 Å². The van der Waals surface area contributed by atoms with Crippen LogP contribution in [0.25, 0.3) is 0 Å². The maximum atomic E-state index is 11.4. The van der Waals surface area contributed by atoms with Gasteiger partial charge in [0.15, 0.2) is 0 Å². The number of hydroxylamine groups is 1. The van der Waals surface area contributed by atoms with E-state index < -0.39 is 0 Å². The van der Waals surface area contributed by atoms with E-state index in [4.69, 9.17) is 14.3 Å². The average Bonchev–Trinajstić information content (AvgIpc) is 2.42. The maximum absolute atomic E-state index is 11.4. The van der Waals surface area contributed by atoms with Gasteiger partial charge in [0.25, 0.3) is 0 Å².